The molecule has 0 bridgehead atoms. The average Bonchev–Trinajstić information content (AvgIpc) is 2.13. The minimum Gasteiger partial charge on any atom is -0.0880 e. The largest absolute Gasteiger partial charge is 0.0880 e. The lowest BCUT2D eigenvalue weighted by atomic mass is 10.1. The fraction of sp³-hybridized carbons (Fsp3) is 0.500. The van der Waals surface area contributed by atoms with Crippen molar-refractivity contribution in [1.29, 1.82) is 0 Å². The summed E-state index contributed by atoms with van der Waals surface area (Å²) in [5.41, 5.74) is 1.52. The molecule has 1 rings (SSSR count). The van der Waals surface area contributed by atoms with Crippen LogP contribution in [0.15, 0.2) is 23.8 Å². The zero-order valence-corrected chi connectivity index (χ0v) is 7.02. The van der Waals surface area contributed by atoms with Crippen molar-refractivity contribution in [2.24, 2.45) is 0 Å². The van der Waals surface area contributed by atoms with E-state index in [0.717, 1.165) is 5.33 Å². The molecule has 0 heterocycles. The van der Waals surface area contributed by atoms with Gasteiger partial charge in [-0.2, -0.15) is 0 Å². The second-order valence-corrected chi connectivity index (χ2v) is 2.84. The summed E-state index contributed by atoms with van der Waals surface area (Å²) in [6, 6.07) is 0. The van der Waals surface area contributed by atoms with Gasteiger partial charge < -0.3 is 0 Å². The molecule has 0 aromatic rings. The van der Waals surface area contributed by atoms with E-state index in [1.807, 2.05) is 0 Å². The summed E-state index contributed by atoms with van der Waals surface area (Å²) in [6.45, 7) is 0. The third-order valence-electron chi connectivity index (χ3n) is 1.51. The van der Waals surface area contributed by atoms with E-state index in [9.17, 15) is 0 Å². The zero-order chi connectivity index (χ0) is 6.53. The van der Waals surface area contributed by atoms with Crippen LogP contribution in [-0.2, 0) is 0 Å². The van der Waals surface area contributed by atoms with Crippen LogP contribution in [0.2, 0.25) is 0 Å². The van der Waals surface area contributed by atoms with Gasteiger partial charge in [0.25, 0.3) is 0 Å². The highest BCUT2D eigenvalue weighted by Crippen LogP contribution is 2.13. The SMILES string of the molecule is BrCC1=CC=CCCC1. The lowest BCUT2D eigenvalue weighted by molar-refractivity contribution is 0.844. The van der Waals surface area contributed by atoms with Crippen molar-refractivity contribution >= 4 is 15.9 Å². The van der Waals surface area contributed by atoms with Crippen molar-refractivity contribution in [1.82, 2.24) is 0 Å². The van der Waals surface area contributed by atoms with Gasteiger partial charge in [0.15, 0.2) is 0 Å². The van der Waals surface area contributed by atoms with E-state index in [1.54, 1.807) is 0 Å². The molecule has 0 fully saturated rings. The molecule has 0 N–H and O–H groups in total. The van der Waals surface area contributed by atoms with Gasteiger partial charge in [-0.3, -0.25) is 0 Å². The molecule has 0 aliphatic heterocycles. The van der Waals surface area contributed by atoms with Crippen molar-refractivity contribution < 1.29 is 0 Å². The second kappa shape index (κ2) is 3.89. The Morgan fingerprint density at radius 1 is 1.56 bits per heavy atom. The molecule has 0 spiro atoms. The quantitative estimate of drug-likeness (QED) is 0.553. The fourth-order valence-corrected chi connectivity index (χ4v) is 1.41. The third kappa shape index (κ3) is 2.35. The van der Waals surface area contributed by atoms with Gasteiger partial charge in [0, 0.05) is 5.33 Å². The van der Waals surface area contributed by atoms with E-state index in [0.29, 0.717) is 0 Å². The number of rotatable bonds is 1. The van der Waals surface area contributed by atoms with Crippen molar-refractivity contribution in [3.63, 3.8) is 0 Å². The summed E-state index contributed by atoms with van der Waals surface area (Å²) in [5, 5.41) is 1.04. The Balaban J connectivity index is 2.49. The first-order chi connectivity index (χ1) is 4.43. The van der Waals surface area contributed by atoms with Crippen molar-refractivity contribution in [3.05, 3.63) is 23.8 Å². The summed E-state index contributed by atoms with van der Waals surface area (Å²) in [6.07, 6.45) is 10.4. The fourth-order valence-electron chi connectivity index (χ4n) is 0.942. The molecule has 0 saturated carbocycles. The molecule has 50 valence electrons. The Morgan fingerprint density at radius 2 is 2.44 bits per heavy atom. The van der Waals surface area contributed by atoms with Crippen molar-refractivity contribution in [2.45, 2.75) is 19.3 Å². The van der Waals surface area contributed by atoms with E-state index < -0.39 is 0 Å². The van der Waals surface area contributed by atoms with E-state index >= 15 is 0 Å². The van der Waals surface area contributed by atoms with Gasteiger partial charge in [0.2, 0.25) is 0 Å². The molecule has 1 heteroatoms. The minimum atomic E-state index is 1.04. The number of hydrogen-bond donors (Lipinski definition) is 0. The summed E-state index contributed by atoms with van der Waals surface area (Å²) < 4.78 is 0. The maximum Gasteiger partial charge on any atom is 0.0244 e. The van der Waals surface area contributed by atoms with Gasteiger partial charge in [-0.15, -0.1) is 0 Å². The Hall–Kier alpha value is -0.0400. The number of halogens is 1. The average molecular weight is 187 g/mol. The van der Waals surface area contributed by atoms with Crippen LogP contribution in [0.4, 0.5) is 0 Å². The molecule has 9 heavy (non-hydrogen) atoms. The summed E-state index contributed by atoms with van der Waals surface area (Å²) in [4.78, 5) is 0. The van der Waals surface area contributed by atoms with Crippen LogP contribution in [0.1, 0.15) is 19.3 Å². The third-order valence-corrected chi connectivity index (χ3v) is 2.23. The van der Waals surface area contributed by atoms with Crippen LogP contribution in [-0.4, -0.2) is 5.33 Å². The zero-order valence-electron chi connectivity index (χ0n) is 5.44. The Kier molecular flexibility index (Phi) is 3.05. The van der Waals surface area contributed by atoms with Gasteiger partial charge in [0.1, 0.15) is 0 Å². The standard InChI is InChI=1S/C8H11Br/c9-7-8-5-3-1-2-4-6-8/h1,3,5H,2,4,6-7H2. The summed E-state index contributed by atoms with van der Waals surface area (Å²) in [5.74, 6) is 0. The maximum atomic E-state index is 3.44. The van der Waals surface area contributed by atoms with Crippen LogP contribution in [0.25, 0.3) is 0 Å². The van der Waals surface area contributed by atoms with Crippen LogP contribution in [0.5, 0.6) is 0 Å². The first-order valence-electron chi connectivity index (χ1n) is 3.34. The normalized spacial score (nSPS) is 19.0. The van der Waals surface area contributed by atoms with E-state index in [1.165, 1.54) is 24.8 Å². The van der Waals surface area contributed by atoms with Crippen molar-refractivity contribution in [2.75, 3.05) is 5.33 Å². The minimum absolute atomic E-state index is 1.04. The molecule has 0 atom stereocenters. The molecular weight excluding hydrogens is 176 g/mol. The molecule has 0 nitrogen and oxygen atoms in total. The number of allylic oxidation sites excluding steroid dienone is 4. The molecule has 0 aromatic carbocycles. The molecule has 0 amide bonds. The number of alkyl halides is 1. The van der Waals surface area contributed by atoms with Gasteiger partial charge in [0.05, 0.1) is 0 Å². The predicted molar refractivity (Wildman–Crippen MR) is 44.9 cm³/mol. The smallest absolute Gasteiger partial charge is 0.0244 e. The Bertz CT molecular complexity index is 134. The first kappa shape index (κ1) is 7.07. The van der Waals surface area contributed by atoms with Crippen LogP contribution in [0.3, 0.4) is 0 Å². The highest BCUT2D eigenvalue weighted by molar-refractivity contribution is 9.09. The van der Waals surface area contributed by atoms with Gasteiger partial charge in [-0.1, -0.05) is 39.7 Å². The second-order valence-electron chi connectivity index (χ2n) is 2.28. The predicted octanol–water partition coefficient (Wildman–Crippen LogP) is 3.05. The number of hydrogen-bond acceptors (Lipinski definition) is 0. The molecule has 1 aliphatic carbocycles. The monoisotopic (exact) mass is 186 g/mol. The van der Waals surface area contributed by atoms with Gasteiger partial charge in [-0.25, -0.2) is 0 Å². The van der Waals surface area contributed by atoms with Crippen LogP contribution >= 0.6 is 15.9 Å². The Morgan fingerprint density at radius 3 is 3.22 bits per heavy atom. The van der Waals surface area contributed by atoms with Gasteiger partial charge in [-0.05, 0) is 19.3 Å². The summed E-state index contributed by atoms with van der Waals surface area (Å²) in [7, 11) is 0. The van der Waals surface area contributed by atoms with Crippen LogP contribution in [0, 0.1) is 0 Å². The first-order valence-corrected chi connectivity index (χ1v) is 4.46. The molecular formula is C8H11Br. The molecule has 1 aliphatic rings. The molecule has 0 aromatic heterocycles. The molecule has 0 saturated heterocycles. The highest BCUT2D eigenvalue weighted by atomic mass is 79.9. The molecule has 0 unspecified atom stereocenters. The lowest BCUT2D eigenvalue weighted by Crippen LogP contribution is -1.81. The lowest BCUT2D eigenvalue weighted by Gasteiger charge is -1.96. The van der Waals surface area contributed by atoms with Crippen LogP contribution < -0.4 is 0 Å². The summed E-state index contributed by atoms with van der Waals surface area (Å²) >= 11 is 3.44. The van der Waals surface area contributed by atoms with Crippen molar-refractivity contribution in [3.8, 4) is 0 Å². The highest BCUT2D eigenvalue weighted by Gasteiger charge is 1.95. The maximum absolute atomic E-state index is 3.44. The topological polar surface area (TPSA) is 0 Å². The molecule has 0 radical (unpaired) electrons. The Labute approximate surface area is 64.8 Å². The van der Waals surface area contributed by atoms with E-state index in [-0.39, 0.29) is 0 Å². The van der Waals surface area contributed by atoms with Gasteiger partial charge >= 0.3 is 0 Å². The van der Waals surface area contributed by atoms with E-state index in [4.69, 9.17) is 0 Å². The van der Waals surface area contributed by atoms with E-state index in [2.05, 4.69) is 34.2 Å².